The quantitative estimate of drug-likeness (QED) is 0.765. The molecule has 152 valence electrons. The number of rotatable bonds is 7. The van der Waals surface area contributed by atoms with Crippen LogP contribution in [0.2, 0.25) is 0 Å². The molecule has 6 heteroatoms. The maximum Gasteiger partial charge on any atom is 0.223 e. The number of para-hydroxylation sites is 2. The fourth-order valence-corrected chi connectivity index (χ4v) is 3.61. The molecular formula is C22H29ClN2O3. The molecule has 28 heavy (non-hydrogen) atoms. The molecule has 1 aliphatic rings. The summed E-state index contributed by atoms with van der Waals surface area (Å²) in [6.07, 6.45) is 1.15. The molecule has 0 aliphatic carbocycles. The van der Waals surface area contributed by atoms with Crippen LogP contribution in [0.5, 0.6) is 11.5 Å². The lowest BCUT2D eigenvalue weighted by atomic mass is 10.0. The van der Waals surface area contributed by atoms with E-state index in [0.29, 0.717) is 26.0 Å². The molecule has 5 nitrogen and oxygen atoms in total. The fraction of sp³-hybridized carbons (Fsp3) is 0.409. The third-order valence-corrected chi connectivity index (χ3v) is 4.94. The second kappa shape index (κ2) is 10.9. The molecule has 0 aromatic heterocycles. The van der Waals surface area contributed by atoms with Gasteiger partial charge in [0.15, 0.2) is 0 Å². The van der Waals surface area contributed by atoms with Crippen molar-refractivity contribution in [2.45, 2.75) is 25.8 Å². The largest absolute Gasteiger partial charge is 0.496 e. The number of methoxy groups -OCH3 is 1. The average molecular weight is 405 g/mol. The summed E-state index contributed by atoms with van der Waals surface area (Å²) in [6, 6.07) is 15.9. The van der Waals surface area contributed by atoms with Gasteiger partial charge in [-0.1, -0.05) is 36.4 Å². The van der Waals surface area contributed by atoms with Gasteiger partial charge in [0.2, 0.25) is 5.91 Å². The topological polar surface area (TPSA) is 50.8 Å². The van der Waals surface area contributed by atoms with Crippen molar-refractivity contribution in [3.8, 4) is 11.5 Å². The Morgan fingerprint density at radius 2 is 1.86 bits per heavy atom. The highest BCUT2D eigenvalue weighted by atomic mass is 35.5. The maximum atomic E-state index is 13.0. The molecule has 0 spiro atoms. The normalized spacial score (nSPS) is 16.2. The summed E-state index contributed by atoms with van der Waals surface area (Å²) in [5, 5.41) is 3.40. The van der Waals surface area contributed by atoms with E-state index < -0.39 is 0 Å². The van der Waals surface area contributed by atoms with Crippen LogP contribution in [0.15, 0.2) is 48.5 Å². The lowest BCUT2D eigenvalue weighted by Gasteiger charge is -2.37. The standard InChI is InChI=1S/C22H28N2O3.ClH/c1-3-27-20-10-6-4-8-17(20)12-13-22(25)24-15-14-23-16-19(24)18-9-5-7-11-21(18)26-2;/h4-11,19,23H,3,12-16H2,1-2H3;1H. The summed E-state index contributed by atoms with van der Waals surface area (Å²) in [5.41, 5.74) is 2.13. The molecule has 1 aliphatic heterocycles. The van der Waals surface area contributed by atoms with Gasteiger partial charge in [0.1, 0.15) is 11.5 Å². The van der Waals surface area contributed by atoms with Crippen molar-refractivity contribution in [3.63, 3.8) is 0 Å². The molecule has 1 saturated heterocycles. The monoisotopic (exact) mass is 404 g/mol. The Balaban J connectivity index is 0.00000280. The number of carbonyl (C=O) groups is 1. The molecular weight excluding hydrogens is 376 g/mol. The molecule has 0 bridgehead atoms. The van der Waals surface area contributed by atoms with Gasteiger partial charge >= 0.3 is 0 Å². The first-order valence-electron chi connectivity index (χ1n) is 9.58. The Hall–Kier alpha value is -2.24. The Morgan fingerprint density at radius 1 is 1.14 bits per heavy atom. The van der Waals surface area contributed by atoms with Gasteiger partial charge in [0.05, 0.1) is 19.8 Å². The third kappa shape index (κ3) is 5.18. The van der Waals surface area contributed by atoms with Crippen LogP contribution in [0.1, 0.15) is 30.5 Å². The van der Waals surface area contributed by atoms with Crippen LogP contribution in [-0.2, 0) is 11.2 Å². The van der Waals surface area contributed by atoms with E-state index in [1.54, 1.807) is 7.11 Å². The van der Waals surface area contributed by atoms with Gasteiger partial charge in [-0.25, -0.2) is 0 Å². The number of benzene rings is 2. The predicted octanol–water partition coefficient (Wildman–Crippen LogP) is 3.62. The Bertz CT molecular complexity index is 769. The van der Waals surface area contributed by atoms with Gasteiger partial charge in [-0.2, -0.15) is 0 Å². The predicted molar refractivity (Wildman–Crippen MR) is 113 cm³/mol. The van der Waals surface area contributed by atoms with Crippen LogP contribution < -0.4 is 14.8 Å². The number of nitrogens with zero attached hydrogens (tertiary/aromatic N) is 1. The van der Waals surface area contributed by atoms with Crippen LogP contribution in [0.3, 0.4) is 0 Å². The SMILES string of the molecule is CCOc1ccccc1CCC(=O)N1CCNCC1c1ccccc1OC.Cl. The van der Waals surface area contributed by atoms with Crippen molar-refractivity contribution in [2.24, 2.45) is 0 Å². The minimum absolute atomic E-state index is 0. The van der Waals surface area contributed by atoms with Crippen molar-refractivity contribution in [1.29, 1.82) is 0 Å². The molecule has 1 unspecified atom stereocenters. The summed E-state index contributed by atoms with van der Waals surface area (Å²) in [7, 11) is 1.67. The highest BCUT2D eigenvalue weighted by Crippen LogP contribution is 2.31. The zero-order valence-corrected chi connectivity index (χ0v) is 17.3. The van der Waals surface area contributed by atoms with Gasteiger partial charge < -0.3 is 19.7 Å². The van der Waals surface area contributed by atoms with E-state index in [0.717, 1.165) is 35.7 Å². The smallest absolute Gasteiger partial charge is 0.223 e. The molecule has 0 radical (unpaired) electrons. The van der Waals surface area contributed by atoms with Gasteiger partial charge in [0, 0.05) is 31.6 Å². The summed E-state index contributed by atoms with van der Waals surface area (Å²) in [6.45, 7) is 4.85. The van der Waals surface area contributed by atoms with Crippen molar-refractivity contribution >= 4 is 18.3 Å². The summed E-state index contributed by atoms with van der Waals surface area (Å²) in [5.74, 6) is 1.86. The molecule has 1 N–H and O–H groups in total. The van der Waals surface area contributed by atoms with Gasteiger partial charge in [-0.15, -0.1) is 12.4 Å². The lowest BCUT2D eigenvalue weighted by molar-refractivity contribution is -0.134. The molecule has 1 heterocycles. The number of hydrogen-bond donors (Lipinski definition) is 1. The lowest BCUT2D eigenvalue weighted by Crippen LogP contribution is -2.48. The van der Waals surface area contributed by atoms with Gasteiger partial charge in [-0.3, -0.25) is 4.79 Å². The molecule has 1 atom stereocenters. The van der Waals surface area contributed by atoms with E-state index in [-0.39, 0.29) is 24.4 Å². The summed E-state index contributed by atoms with van der Waals surface area (Å²) < 4.78 is 11.2. The summed E-state index contributed by atoms with van der Waals surface area (Å²) in [4.78, 5) is 15.0. The minimum Gasteiger partial charge on any atom is -0.496 e. The zero-order valence-electron chi connectivity index (χ0n) is 16.5. The molecule has 1 amide bonds. The van der Waals surface area contributed by atoms with E-state index in [2.05, 4.69) is 5.32 Å². The molecule has 2 aromatic carbocycles. The number of carbonyl (C=O) groups excluding carboxylic acids is 1. The Morgan fingerprint density at radius 3 is 2.61 bits per heavy atom. The van der Waals surface area contributed by atoms with E-state index in [1.165, 1.54) is 0 Å². The third-order valence-electron chi connectivity index (χ3n) is 4.94. The number of ether oxygens (including phenoxy) is 2. The first-order chi connectivity index (χ1) is 13.2. The number of amides is 1. The average Bonchev–Trinajstić information content (AvgIpc) is 2.73. The molecule has 0 saturated carbocycles. The maximum absolute atomic E-state index is 13.0. The van der Waals surface area contributed by atoms with Gasteiger partial charge in [-0.05, 0) is 31.0 Å². The highest BCUT2D eigenvalue weighted by Gasteiger charge is 2.29. The van der Waals surface area contributed by atoms with E-state index in [4.69, 9.17) is 9.47 Å². The van der Waals surface area contributed by atoms with E-state index >= 15 is 0 Å². The van der Waals surface area contributed by atoms with Crippen molar-refractivity contribution in [3.05, 3.63) is 59.7 Å². The zero-order chi connectivity index (χ0) is 19.1. The highest BCUT2D eigenvalue weighted by molar-refractivity contribution is 5.85. The number of hydrogen-bond acceptors (Lipinski definition) is 4. The van der Waals surface area contributed by atoms with Crippen molar-refractivity contribution in [1.82, 2.24) is 10.2 Å². The molecule has 1 fully saturated rings. The first-order valence-corrected chi connectivity index (χ1v) is 9.58. The number of nitrogens with one attached hydrogen (secondary N) is 1. The van der Waals surface area contributed by atoms with E-state index in [9.17, 15) is 4.79 Å². The molecule has 2 aromatic rings. The second-order valence-electron chi connectivity index (χ2n) is 6.59. The van der Waals surface area contributed by atoms with Crippen LogP contribution in [0.4, 0.5) is 0 Å². The van der Waals surface area contributed by atoms with Crippen LogP contribution in [0.25, 0.3) is 0 Å². The van der Waals surface area contributed by atoms with Crippen molar-refractivity contribution < 1.29 is 14.3 Å². The van der Waals surface area contributed by atoms with Crippen LogP contribution in [-0.4, -0.2) is 44.2 Å². The first kappa shape index (κ1) is 22.1. The second-order valence-corrected chi connectivity index (χ2v) is 6.59. The fourth-order valence-electron chi connectivity index (χ4n) is 3.61. The Kier molecular flexibility index (Phi) is 8.61. The number of halogens is 1. The number of piperazine rings is 1. The number of aryl methyl sites for hydroxylation is 1. The van der Waals surface area contributed by atoms with Crippen molar-refractivity contribution in [2.75, 3.05) is 33.4 Å². The Labute approximate surface area is 173 Å². The summed E-state index contributed by atoms with van der Waals surface area (Å²) >= 11 is 0. The van der Waals surface area contributed by atoms with Crippen LogP contribution in [0, 0.1) is 0 Å². The van der Waals surface area contributed by atoms with Gasteiger partial charge in [0.25, 0.3) is 0 Å². The minimum atomic E-state index is -0.00969. The molecule has 3 rings (SSSR count). The van der Waals surface area contributed by atoms with E-state index in [1.807, 2.05) is 60.4 Å². The van der Waals surface area contributed by atoms with Crippen LogP contribution >= 0.6 is 12.4 Å².